The fourth-order valence-electron chi connectivity index (χ4n) is 4.48. The molecule has 0 saturated heterocycles. The molecule has 3 aromatic rings. The summed E-state index contributed by atoms with van der Waals surface area (Å²) in [5, 5.41) is 14.0. The van der Waals surface area contributed by atoms with Crippen LogP contribution in [0.5, 0.6) is 0 Å². The Morgan fingerprint density at radius 1 is 1.13 bits per heavy atom. The number of benzene rings is 3. The number of carbonyl (C=O) groups excluding carboxylic acids is 1. The minimum atomic E-state index is -0.707. The molecular weight excluding hydrogens is 501 g/mol. The lowest BCUT2D eigenvalue weighted by molar-refractivity contribution is -0.00397. The summed E-state index contributed by atoms with van der Waals surface area (Å²) in [5.41, 5.74) is 4.93. The molecule has 0 saturated carbocycles. The van der Waals surface area contributed by atoms with Crippen molar-refractivity contribution in [2.75, 3.05) is 26.5 Å². The van der Waals surface area contributed by atoms with Crippen LogP contribution >= 0.6 is 11.8 Å². The first-order valence-electron chi connectivity index (χ1n) is 12.7. The molecule has 7 heteroatoms. The van der Waals surface area contributed by atoms with Crippen LogP contribution in [0.15, 0.2) is 65.6 Å². The van der Waals surface area contributed by atoms with Crippen LogP contribution in [-0.4, -0.2) is 49.2 Å². The van der Waals surface area contributed by atoms with Gasteiger partial charge < -0.3 is 19.9 Å². The number of halogens is 1. The number of aliphatic hydroxyl groups is 1. The average molecular weight is 540 g/mol. The van der Waals surface area contributed by atoms with Crippen LogP contribution in [0.4, 0.5) is 4.39 Å². The lowest BCUT2D eigenvalue weighted by Gasteiger charge is -2.28. The van der Waals surface area contributed by atoms with Gasteiger partial charge in [0.2, 0.25) is 0 Å². The Morgan fingerprint density at radius 2 is 1.87 bits per heavy atom. The molecule has 0 amide bonds. The molecule has 3 aromatic carbocycles. The van der Waals surface area contributed by atoms with Crippen LogP contribution in [0, 0.1) is 12.7 Å². The number of rotatable bonds is 12. The summed E-state index contributed by atoms with van der Waals surface area (Å²) in [5.74, 6) is -0.562. The molecule has 1 unspecified atom stereocenters. The van der Waals surface area contributed by atoms with Crippen LogP contribution in [0.25, 0.3) is 11.1 Å². The lowest BCUT2D eigenvalue weighted by Crippen LogP contribution is -2.46. The first-order valence-corrected chi connectivity index (χ1v) is 13.9. The normalized spacial score (nSPS) is 13.3. The Hall–Kier alpha value is -2.71. The van der Waals surface area contributed by atoms with E-state index in [1.165, 1.54) is 18.9 Å². The molecule has 0 aliphatic rings. The van der Waals surface area contributed by atoms with Crippen molar-refractivity contribution in [2.45, 2.75) is 56.8 Å². The molecule has 2 atom stereocenters. The van der Waals surface area contributed by atoms with Crippen molar-refractivity contribution in [3.8, 4) is 11.1 Å². The zero-order valence-electron chi connectivity index (χ0n) is 23.0. The minimum absolute atomic E-state index is 0.163. The van der Waals surface area contributed by atoms with Crippen LogP contribution < -0.4 is 5.32 Å². The van der Waals surface area contributed by atoms with Crippen LogP contribution in [0.1, 0.15) is 53.9 Å². The largest absolute Gasteiger partial charge is 0.465 e. The monoisotopic (exact) mass is 539 g/mol. The zero-order valence-corrected chi connectivity index (χ0v) is 23.8. The first-order chi connectivity index (χ1) is 18.0. The standard InChI is InChI=1S/C31H38FNO4S/c1-20-15-23(12-13-25(20)30(35)36-5)27-10-8-7-9-26(27)21(2)37-19-24(34)18-33-31(3,4)17-22-11-14-29(38-6)28(32)16-22/h7-16,21,24,33-34H,17-19H2,1-6H3/t21?,24-/m1/s1. The number of β-amino-alcohol motifs (C(OH)–C–C–N with tert-alkyl or cyclic N) is 1. The van der Waals surface area contributed by atoms with Crippen LogP contribution in [0.2, 0.25) is 0 Å². The van der Waals surface area contributed by atoms with Gasteiger partial charge in [0, 0.05) is 17.0 Å². The van der Waals surface area contributed by atoms with E-state index in [0.717, 1.165) is 27.8 Å². The van der Waals surface area contributed by atoms with Gasteiger partial charge in [0.1, 0.15) is 5.82 Å². The van der Waals surface area contributed by atoms with E-state index < -0.39 is 6.10 Å². The van der Waals surface area contributed by atoms with E-state index in [4.69, 9.17) is 9.47 Å². The summed E-state index contributed by atoms with van der Waals surface area (Å²) >= 11 is 1.39. The van der Waals surface area contributed by atoms with Crippen LogP contribution in [0.3, 0.4) is 0 Å². The number of hydrogen-bond acceptors (Lipinski definition) is 6. The van der Waals surface area contributed by atoms with Gasteiger partial charge in [-0.25, -0.2) is 9.18 Å². The highest BCUT2D eigenvalue weighted by Crippen LogP contribution is 2.31. The van der Waals surface area contributed by atoms with Crippen molar-refractivity contribution < 1.29 is 23.8 Å². The maximum Gasteiger partial charge on any atom is 0.338 e. The number of aliphatic hydroxyl groups excluding tert-OH is 1. The van der Waals surface area contributed by atoms with E-state index >= 15 is 0 Å². The molecule has 0 radical (unpaired) electrons. The highest BCUT2D eigenvalue weighted by molar-refractivity contribution is 7.98. The number of aryl methyl sites for hydroxylation is 1. The third-order valence-electron chi connectivity index (χ3n) is 6.56. The first kappa shape index (κ1) is 29.8. The van der Waals surface area contributed by atoms with E-state index in [1.54, 1.807) is 12.1 Å². The molecule has 0 aliphatic carbocycles. The molecule has 2 N–H and O–H groups in total. The average Bonchev–Trinajstić information content (AvgIpc) is 2.90. The number of carbonyl (C=O) groups is 1. The Balaban J connectivity index is 1.59. The molecule has 3 rings (SSSR count). The molecule has 0 fully saturated rings. The number of nitrogens with one attached hydrogen (secondary N) is 1. The Labute approximate surface area is 229 Å². The van der Waals surface area contributed by atoms with Gasteiger partial charge in [-0.2, -0.15) is 0 Å². The van der Waals surface area contributed by atoms with Gasteiger partial charge in [0.05, 0.1) is 31.5 Å². The van der Waals surface area contributed by atoms with Crippen molar-refractivity contribution in [3.05, 3.63) is 88.7 Å². The molecule has 0 spiro atoms. The summed E-state index contributed by atoms with van der Waals surface area (Å²) in [6.07, 6.45) is 1.52. The number of ether oxygens (including phenoxy) is 2. The molecule has 0 aromatic heterocycles. The van der Waals surface area contributed by atoms with Gasteiger partial charge >= 0.3 is 5.97 Å². The number of thioether (sulfide) groups is 1. The Morgan fingerprint density at radius 3 is 2.53 bits per heavy atom. The SMILES string of the molecule is COC(=O)c1ccc(-c2ccccc2C(C)OC[C@H](O)CNC(C)(C)Cc2ccc(SC)c(F)c2)cc1C. The quantitative estimate of drug-likeness (QED) is 0.206. The third-order valence-corrected chi connectivity index (χ3v) is 7.33. The fraction of sp³-hybridized carbons (Fsp3) is 0.387. The molecule has 0 bridgehead atoms. The summed E-state index contributed by atoms with van der Waals surface area (Å²) < 4.78 is 25.1. The third kappa shape index (κ3) is 7.90. The summed E-state index contributed by atoms with van der Waals surface area (Å²) in [4.78, 5) is 12.6. The maximum atomic E-state index is 14.2. The second-order valence-electron chi connectivity index (χ2n) is 10.1. The van der Waals surface area contributed by atoms with E-state index in [2.05, 4.69) is 5.32 Å². The topological polar surface area (TPSA) is 67.8 Å². The van der Waals surface area contributed by atoms with Crippen molar-refractivity contribution in [1.29, 1.82) is 0 Å². The molecule has 0 aliphatic heterocycles. The van der Waals surface area contributed by atoms with E-state index in [0.29, 0.717) is 23.4 Å². The van der Waals surface area contributed by atoms with Crippen molar-refractivity contribution >= 4 is 17.7 Å². The Kier molecular flexibility index (Phi) is 10.5. The Bertz CT molecular complexity index is 1250. The maximum absolute atomic E-state index is 14.2. The predicted octanol–water partition coefficient (Wildman–Crippen LogP) is 6.36. The smallest absolute Gasteiger partial charge is 0.338 e. The van der Waals surface area contributed by atoms with Crippen molar-refractivity contribution in [1.82, 2.24) is 5.32 Å². The van der Waals surface area contributed by atoms with Gasteiger partial charge in [-0.1, -0.05) is 42.5 Å². The van der Waals surface area contributed by atoms with Gasteiger partial charge in [-0.05, 0) is 86.4 Å². The minimum Gasteiger partial charge on any atom is -0.465 e. The highest BCUT2D eigenvalue weighted by Gasteiger charge is 2.21. The number of esters is 1. The second-order valence-corrected chi connectivity index (χ2v) is 11.0. The van der Waals surface area contributed by atoms with Crippen LogP contribution in [-0.2, 0) is 15.9 Å². The zero-order chi connectivity index (χ0) is 27.9. The molecule has 0 heterocycles. The fourth-order valence-corrected chi connectivity index (χ4v) is 4.93. The van der Waals surface area contributed by atoms with E-state index in [9.17, 15) is 14.3 Å². The molecular formula is C31H38FNO4S. The van der Waals surface area contributed by atoms with Gasteiger partial charge in [-0.3, -0.25) is 0 Å². The second kappa shape index (κ2) is 13.4. The van der Waals surface area contributed by atoms with Gasteiger partial charge in [-0.15, -0.1) is 11.8 Å². The number of hydrogen-bond donors (Lipinski definition) is 2. The molecule has 5 nitrogen and oxygen atoms in total. The lowest BCUT2D eigenvalue weighted by atomic mass is 9.94. The van der Waals surface area contributed by atoms with E-state index in [-0.39, 0.29) is 30.0 Å². The number of methoxy groups -OCH3 is 1. The van der Waals surface area contributed by atoms with Crippen molar-refractivity contribution in [3.63, 3.8) is 0 Å². The molecule has 38 heavy (non-hydrogen) atoms. The molecule has 204 valence electrons. The highest BCUT2D eigenvalue weighted by atomic mass is 32.2. The summed E-state index contributed by atoms with van der Waals surface area (Å²) in [6.45, 7) is 8.43. The van der Waals surface area contributed by atoms with Gasteiger partial charge in [0.25, 0.3) is 0 Å². The van der Waals surface area contributed by atoms with Crippen molar-refractivity contribution in [2.24, 2.45) is 0 Å². The summed E-state index contributed by atoms with van der Waals surface area (Å²) in [6, 6.07) is 19.0. The summed E-state index contributed by atoms with van der Waals surface area (Å²) in [7, 11) is 1.38. The van der Waals surface area contributed by atoms with E-state index in [1.807, 2.05) is 82.5 Å². The predicted molar refractivity (Wildman–Crippen MR) is 152 cm³/mol. The van der Waals surface area contributed by atoms with Gasteiger partial charge in [0.15, 0.2) is 0 Å².